The van der Waals surface area contributed by atoms with E-state index in [0.29, 0.717) is 41.9 Å². The van der Waals surface area contributed by atoms with Crippen LogP contribution in [0.15, 0.2) is 71.0 Å². The summed E-state index contributed by atoms with van der Waals surface area (Å²) in [5.74, 6) is 0.287. The predicted octanol–water partition coefficient (Wildman–Crippen LogP) is 3.64. The minimum atomic E-state index is -0.780. The van der Waals surface area contributed by atoms with Crippen molar-refractivity contribution in [2.75, 3.05) is 44.4 Å². The molecule has 2 aliphatic rings. The molecule has 3 heterocycles. The second kappa shape index (κ2) is 13.0. The molecule has 1 saturated heterocycles. The van der Waals surface area contributed by atoms with E-state index in [4.69, 9.17) is 16.6 Å². The van der Waals surface area contributed by atoms with Crippen molar-refractivity contribution in [1.29, 1.82) is 0 Å². The Morgan fingerprint density at radius 2 is 1.98 bits per heavy atom. The number of amides is 2. The van der Waals surface area contributed by atoms with Gasteiger partial charge in [-0.25, -0.2) is 0 Å². The van der Waals surface area contributed by atoms with Gasteiger partial charge in [0.1, 0.15) is 0 Å². The van der Waals surface area contributed by atoms with Gasteiger partial charge in [-0.15, -0.1) is 0 Å². The van der Waals surface area contributed by atoms with Gasteiger partial charge in [0.05, 0.1) is 0 Å². The number of rotatable bonds is 8. The van der Waals surface area contributed by atoms with Gasteiger partial charge in [0, 0.05) is 18.3 Å². The van der Waals surface area contributed by atoms with Gasteiger partial charge in [-0.2, -0.15) is 0 Å². The van der Waals surface area contributed by atoms with Crippen LogP contribution >= 0.6 is 11.6 Å². The Morgan fingerprint density at radius 3 is 2.77 bits per heavy atom. The number of fused-ring (bicyclic) bond motifs is 1. The average Bonchev–Trinajstić information content (AvgIpc) is 3.38. The van der Waals surface area contributed by atoms with E-state index < -0.39 is 21.1 Å². The van der Waals surface area contributed by atoms with E-state index in [2.05, 4.69) is 37.9 Å². The van der Waals surface area contributed by atoms with Crippen LogP contribution in [-0.4, -0.2) is 92.5 Å². The Bertz CT molecular complexity index is 1460. The Hall–Kier alpha value is -3.21. The second-order valence-electron chi connectivity index (χ2n) is 10.1. The number of anilines is 2. The van der Waals surface area contributed by atoms with E-state index in [1.54, 1.807) is 36.5 Å². The van der Waals surface area contributed by atoms with Crippen molar-refractivity contribution in [3.63, 3.8) is 0 Å². The third kappa shape index (κ3) is 6.91. The van der Waals surface area contributed by atoms with E-state index in [0.717, 1.165) is 24.1 Å². The number of aromatic nitrogens is 2. The molecule has 0 spiro atoms. The predicted molar refractivity (Wildman–Crippen MR) is 161 cm³/mol. The number of piperidine rings is 1. The first kappa shape index (κ1) is 28.3. The Labute approximate surface area is 249 Å². The molecule has 204 valence electrons. The van der Waals surface area contributed by atoms with Crippen molar-refractivity contribution >= 4 is 65.3 Å². The number of carbonyl (C=O) groups is 2. The molecule has 0 aliphatic carbocycles. The number of hydrogen-bond donors (Lipinski definition) is 2. The molecular weight excluding hydrogens is 631 g/mol. The Balaban J connectivity index is 1.20. The summed E-state index contributed by atoms with van der Waals surface area (Å²) in [5.41, 5.74) is 4.31. The van der Waals surface area contributed by atoms with Crippen molar-refractivity contribution in [3.8, 4) is 0 Å². The number of likely N-dealkylation sites (tertiary alicyclic amines) is 1. The van der Waals surface area contributed by atoms with E-state index in [9.17, 15) is 9.59 Å². The SMILES string of the molecule is CN(C)C/C=C/C(=O)Nc1ccc(C(=O)N2CCC[C@@H](Nc3ncc(Cl)c(C4=[CH][Sn][c]5ccccc54)n3)C2)cc1. The van der Waals surface area contributed by atoms with Crippen LogP contribution < -0.4 is 14.2 Å². The first-order valence-electron chi connectivity index (χ1n) is 13.2. The van der Waals surface area contributed by atoms with Gasteiger partial charge in [0.25, 0.3) is 0 Å². The Morgan fingerprint density at radius 1 is 1.18 bits per heavy atom. The van der Waals surface area contributed by atoms with Crippen LogP contribution in [-0.2, 0) is 4.79 Å². The van der Waals surface area contributed by atoms with Crippen LogP contribution in [0.1, 0.15) is 34.5 Å². The molecule has 10 heteroatoms. The van der Waals surface area contributed by atoms with E-state index in [-0.39, 0.29) is 17.9 Å². The summed E-state index contributed by atoms with van der Waals surface area (Å²) >= 11 is 5.75. The average molecular weight is 662 g/mol. The molecule has 1 aromatic heterocycles. The molecule has 3 aromatic rings. The van der Waals surface area contributed by atoms with Crippen molar-refractivity contribution < 1.29 is 9.59 Å². The zero-order valence-electron chi connectivity index (χ0n) is 22.5. The zero-order valence-corrected chi connectivity index (χ0v) is 26.1. The van der Waals surface area contributed by atoms with Crippen LogP contribution in [0.3, 0.4) is 0 Å². The molecule has 2 amide bonds. The fourth-order valence-corrected chi connectivity index (χ4v) is 8.29. The topological polar surface area (TPSA) is 90.5 Å². The summed E-state index contributed by atoms with van der Waals surface area (Å²) in [6, 6.07) is 15.5. The summed E-state index contributed by atoms with van der Waals surface area (Å²) in [6.45, 7) is 1.93. The van der Waals surface area contributed by atoms with Crippen molar-refractivity contribution in [1.82, 2.24) is 19.8 Å². The summed E-state index contributed by atoms with van der Waals surface area (Å²) < 4.78 is 3.75. The summed E-state index contributed by atoms with van der Waals surface area (Å²) in [4.78, 5) is 38.4. The molecule has 2 N–H and O–H groups in total. The molecule has 2 aromatic carbocycles. The molecule has 1 atom stereocenters. The van der Waals surface area contributed by atoms with Crippen molar-refractivity contribution in [2.24, 2.45) is 0 Å². The van der Waals surface area contributed by atoms with Gasteiger partial charge >= 0.3 is 179 Å². The summed E-state index contributed by atoms with van der Waals surface area (Å²) in [6.07, 6.45) is 6.76. The number of likely N-dealkylation sites (N-methyl/N-ethyl adjacent to an activating group) is 1. The van der Waals surface area contributed by atoms with Gasteiger partial charge in [-0.1, -0.05) is 6.08 Å². The van der Waals surface area contributed by atoms with Crippen LogP contribution in [0.2, 0.25) is 5.02 Å². The number of benzene rings is 2. The molecule has 0 saturated carbocycles. The molecule has 8 nitrogen and oxygen atoms in total. The van der Waals surface area contributed by atoms with Crippen molar-refractivity contribution in [3.05, 3.63) is 92.8 Å². The quantitative estimate of drug-likeness (QED) is 0.283. The monoisotopic (exact) mass is 662 g/mol. The third-order valence-corrected chi connectivity index (χ3v) is 10.4. The first-order chi connectivity index (χ1) is 19.4. The minimum Gasteiger partial charge on any atom is -0.0377 e. The minimum absolute atomic E-state index is 0.0283. The van der Waals surface area contributed by atoms with Crippen molar-refractivity contribution in [2.45, 2.75) is 18.9 Å². The standard InChI is InChI=1S/C30H31ClN6O2.Sn/c1-21(22-9-5-4-6-10-22)28-26(31)19-32-30(35-28)34-25-11-7-18-37(20-25)29(39)23-13-15-24(16-14-23)33-27(38)12-8-17-36(2)3;/h1,4-6,8-9,12-16,19,25H,7,11,17-18,20H2,2-3H3,(H,33,38)(H,32,34,35);/b12-8+,21-1?;/t25-;/m1./s1. The maximum atomic E-state index is 13.3. The normalized spacial score (nSPS) is 16.6. The molecule has 40 heavy (non-hydrogen) atoms. The van der Waals surface area contributed by atoms with Gasteiger partial charge in [0.2, 0.25) is 5.91 Å². The Kier molecular flexibility index (Phi) is 9.18. The number of halogens is 1. The number of hydrogen-bond acceptors (Lipinski definition) is 6. The molecule has 1 fully saturated rings. The molecule has 0 bridgehead atoms. The van der Waals surface area contributed by atoms with E-state index >= 15 is 0 Å². The van der Waals surface area contributed by atoms with Crippen LogP contribution in [0.4, 0.5) is 11.6 Å². The number of nitrogens with zero attached hydrogens (tertiary/aromatic N) is 4. The number of carbonyl (C=O) groups excluding carboxylic acids is 2. The second-order valence-corrected chi connectivity index (χ2v) is 13.7. The summed E-state index contributed by atoms with van der Waals surface area (Å²) in [5, 5.41) is 6.81. The maximum absolute atomic E-state index is 13.3. The smallest absolute Gasteiger partial charge is 0.0377 e. The first-order valence-corrected chi connectivity index (χ1v) is 16.7. The third-order valence-electron chi connectivity index (χ3n) is 6.77. The fourth-order valence-electron chi connectivity index (χ4n) is 4.79. The van der Waals surface area contributed by atoms with Gasteiger partial charge in [0.15, 0.2) is 0 Å². The summed E-state index contributed by atoms with van der Waals surface area (Å²) in [7, 11) is 3.88. The van der Waals surface area contributed by atoms with Gasteiger partial charge < -0.3 is 10.2 Å². The zero-order chi connectivity index (χ0) is 28.1. The van der Waals surface area contributed by atoms with Gasteiger partial charge in [-0.3, -0.25) is 4.79 Å². The molecule has 0 unspecified atom stereocenters. The van der Waals surface area contributed by atoms with E-state index in [1.807, 2.05) is 30.0 Å². The molecular formula is C30H31ClN6O2Sn. The van der Waals surface area contributed by atoms with Crippen LogP contribution in [0.25, 0.3) is 5.57 Å². The van der Waals surface area contributed by atoms with E-state index in [1.165, 1.54) is 15.2 Å². The molecule has 5 rings (SSSR count). The van der Waals surface area contributed by atoms with Crippen LogP contribution in [0, 0.1) is 0 Å². The van der Waals surface area contributed by atoms with Crippen LogP contribution in [0.5, 0.6) is 0 Å². The molecule has 2 aliphatic heterocycles. The number of nitrogens with one attached hydrogen (secondary N) is 2. The molecule has 2 radical (unpaired) electrons. The fraction of sp³-hybridized carbons (Fsp3) is 0.267. The van der Waals surface area contributed by atoms with Gasteiger partial charge in [-0.05, 0) is 26.2 Å².